The second-order valence-electron chi connectivity index (χ2n) is 7.38. The number of halogens is 6. The molecule has 3 rings (SSSR count). The van der Waals surface area contributed by atoms with Crippen LogP contribution in [0.25, 0.3) is 11.4 Å². The van der Waals surface area contributed by atoms with Crippen LogP contribution in [-0.2, 0) is 12.6 Å². The van der Waals surface area contributed by atoms with Crippen molar-refractivity contribution in [2.24, 2.45) is 0 Å². The fourth-order valence-electron chi connectivity index (χ4n) is 3.22. The topological polar surface area (TPSA) is 71.9 Å². The monoisotopic (exact) mass is 483 g/mol. The summed E-state index contributed by atoms with van der Waals surface area (Å²) in [6.45, 7) is 0.571. The van der Waals surface area contributed by atoms with Gasteiger partial charge in [0.25, 0.3) is 12.3 Å². The van der Waals surface area contributed by atoms with Crippen LogP contribution in [0.15, 0.2) is 49.1 Å². The third-order valence-electron chi connectivity index (χ3n) is 4.96. The van der Waals surface area contributed by atoms with Gasteiger partial charge in [-0.1, -0.05) is 0 Å². The molecular formula is C22H19F6N5O. The zero-order chi connectivity index (χ0) is 24.9. The summed E-state index contributed by atoms with van der Waals surface area (Å²) in [7, 11) is 0. The number of hydrogen-bond acceptors (Lipinski definition) is 5. The van der Waals surface area contributed by atoms with Gasteiger partial charge in [0.1, 0.15) is 11.6 Å². The molecule has 1 atom stereocenters. The molecule has 180 valence electrons. The number of aromatic nitrogens is 4. The third kappa shape index (κ3) is 6.27. The third-order valence-corrected chi connectivity index (χ3v) is 4.96. The Morgan fingerprint density at radius 2 is 1.71 bits per heavy atom. The maximum Gasteiger partial charge on any atom is 0.419 e. The van der Waals surface area contributed by atoms with Gasteiger partial charge in [0.2, 0.25) is 0 Å². The molecular weight excluding hydrogens is 464 g/mol. The van der Waals surface area contributed by atoms with Gasteiger partial charge in [0.15, 0.2) is 5.82 Å². The van der Waals surface area contributed by atoms with Gasteiger partial charge < -0.3 is 4.90 Å². The van der Waals surface area contributed by atoms with Crippen molar-refractivity contribution >= 4 is 5.91 Å². The Labute approximate surface area is 190 Å². The van der Waals surface area contributed by atoms with E-state index in [1.54, 1.807) is 6.07 Å². The lowest BCUT2D eigenvalue weighted by molar-refractivity contribution is -0.138. The van der Waals surface area contributed by atoms with Crippen LogP contribution < -0.4 is 0 Å². The molecule has 0 aliphatic heterocycles. The Morgan fingerprint density at radius 1 is 1.06 bits per heavy atom. The van der Waals surface area contributed by atoms with E-state index in [2.05, 4.69) is 19.9 Å². The molecule has 0 bridgehead atoms. The molecule has 34 heavy (non-hydrogen) atoms. The minimum absolute atomic E-state index is 0.0319. The van der Waals surface area contributed by atoms with Gasteiger partial charge in [-0.25, -0.2) is 33.1 Å². The number of alkyl halides is 5. The molecule has 0 saturated carbocycles. The SMILES string of the molecule is C[C@@H](CCc1ncc(C(F)(F)F)cn1)N(CC(F)F)C(=O)c1cc(F)ccc1-c1ncccn1. The molecule has 6 nitrogen and oxygen atoms in total. The first kappa shape index (κ1) is 25.1. The number of benzene rings is 1. The average molecular weight is 483 g/mol. The van der Waals surface area contributed by atoms with E-state index < -0.39 is 42.5 Å². The molecule has 0 radical (unpaired) electrons. The van der Waals surface area contributed by atoms with Gasteiger partial charge in [-0.3, -0.25) is 4.79 Å². The van der Waals surface area contributed by atoms with Crippen molar-refractivity contribution in [3.8, 4) is 11.4 Å². The van der Waals surface area contributed by atoms with E-state index >= 15 is 0 Å². The predicted octanol–water partition coefficient (Wildman–Crippen LogP) is 4.82. The highest BCUT2D eigenvalue weighted by Crippen LogP contribution is 2.28. The first-order valence-corrected chi connectivity index (χ1v) is 10.1. The highest BCUT2D eigenvalue weighted by Gasteiger charge is 2.31. The molecule has 0 aliphatic carbocycles. The summed E-state index contributed by atoms with van der Waals surface area (Å²) in [5.41, 5.74) is -1.03. The zero-order valence-electron chi connectivity index (χ0n) is 17.8. The van der Waals surface area contributed by atoms with Crippen molar-refractivity contribution in [3.63, 3.8) is 0 Å². The van der Waals surface area contributed by atoms with Crippen LogP contribution in [0.5, 0.6) is 0 Å². The highest BCUT2D eigenvalue weighted by molar-refractivity contribution is 6.00. The molecule has 1 amide bonds. The largest absolute Gasteiger partial charge is 0.419 e. The minimum Gasteiger partial charge on any atom is -0.330 e. The lowest BCUT2D eigenvalue weighted by Crippen LogP contribution is -2.42. The maximum absolute atomic E-state index is 14.0. The number of hydrogen-bond donors (Lipinski definition) is 0. The molecule has 0 saturated heterocycles. The molecule has 0 fully saturated rings. The molecule has 0 unspecified atom stereocenters. The van der Waals surface area contributed by atoms with Crippen LogP contribution in [-0.4, -0.2) is 49.8 Å². The van der Waals surface area contributed by atoms with E-state index in [9.17, 15) is 31.1 Å². The number of aryl methyl sites for hydroxylation is 1. The second-order valence-corrected chi connectivity index (χ2v) is 7.38. The maximum atomic E-state index is 14.0. The summed E-state index contributed by atoms with van der Waals surface area (Å²) < 4.78 is 78.6. The Morgan fingerprint density at radius 3 is 2.29 bits per heavy atom. The first-order chi connectivity index (χ1) is 16.1. The zero-order valence-corrected chi connectivity index (χ0v) is 17.8. The summed E-state index contributed by atoms with van der Waals surface area (Å²) in [4.78, 5) is 29.5. The van der Waals surface area contributed by atoms with Crippen molar-refractivity contribution in [1.82, 2.24) is 24.8 Å². The van der Waals surface area contributed by atoms with Crippen molar-refractivity contribution in [3.05, 3.63) is 71.8 Å². The fourth-order valence-corrected chi connectivity index (χ4v) is 3.22. The van der Waals surface area contributed by atoms with E-state index in [0.29, 0.717) is 12.4 Å². The van der Waals surface area contributed by atoms with E-state index in [1.165, 1.54) is 25.4 Å². The molecule has 0 N–H and O–H groups in total. The number of rotatable bonds is 8. The second kappa shape index (κ2) is 10.6. The van der Waals surface area contributed by atoms with Crippen LogP contribution in [0.1, 0.15) is 35.1 Å². The van der Waals surface area contributed by atoms with Gasteiger partial charge in [-0.2, -0.15) is 13.2 Å². The van der Waals surface area contributed by atoms with E-state index in [1.807, 2.05) is 0 Å². The van der Waals surface area contributed by atoms with E-state index in [0.717, 1.165) is 17.0 Å². The van der Waals surface area contributed by atoms with Gasteiger partial charge in [0, 0.05) is 42.8 Å². The fraction of sp³-hybridized carbons (Fsp3) is 0.318. The molecule has 1 aromatic carbocycles. The number of carbonyl (C=O) groups is 1. The molecule has 2 aromatic heterocycles. The standard InChI is InChI=1S/C22H19F6N5O/c1-13(3-6-19-31-10-14(11-32-19)22(26,27)28)33(12-18(24)25)21(34)17-9-15(23)4-5-16(17)20-29-7-2-8-30-20/h2,4-5,7-11,13,18H,3,6,12H2,1H3/t13-/m0/s1. The Balaban J connectivity index is 1.83. The summed E-state index contributed by atoms with van der Waals surface area (Å²) >= 11 is 0. The van der Waals surface area contributed by atoms with Gasteiger partial charge in [-0.15, -0.1) is 0 Å². The predicted molar refractivity (Wildman–Crippen MR) is 109 cm³/mol. The summed E-state index contributed by atoms with van der Waals surface area (Å²) in [5.74, 6) is -1.42. The first-order valence-electron chi connectivity index (χ1n) is 10.1. The van der Waals surface area contributed by atoms with Gasteiger partial charge in [0.05, 0.1) is 17.7 Å². The molecule has 2 heterocycles. The molecule has 12 heteroatoms. The number of carbonyl (C=O) groups excluding carboxylic acids is 1. The van der Waals surface area contributed by atoms with Gasteiger partial charge in [-0.05, 0) is 37.6 Å². The molecule has 0 aliphatic rings. The highest BCUT2D eigenvalue weighted by atomic mass is 19.4. The summed E-state index contributed by atoms with van der Waals surface area (Å²) in [6.07, 6.45) is -3.24. The molecule has 0 spiro atoms. The Kier molecular flexibility index (Phi) is 7.79. The normalized spacial score (nSPS) is 12.6. The summed E-state index contributed by atoms with van der Waals surface area (Å²) in [5, 5.41) is 0. The lowest BCUT2D eigenvalue weighted by Gasteiger charge is -2.29. The number of amides is 1. The van der Waals surface area contributed by atoms with Crippen LogP contribution in [0.2, 0.25) is 0 Å². The van der Waals surface area contributed by atoms with Crippen molar-refractivity contribution in [1.29, 1.82) is 0 Å². The van der Waals surface area contributed by atoms with Crippen LogP contribution in [0.3, 0.4) is 0 Å². The average Bonchev–Trinajstić information content (AvgIpc) is 2.80. The van der Waals surface area contributed by atoms with Crippen molar-refractivity contribution in [2.45, 2.75) is 38.4 Å². The Bertz CT molecular complexity index is 1110. The van der Waals surface area contributed by atoms with Crippen molar-refractivity contribution in [2.75, 3.05) is 6.54 Å². The van der Waals surface area contributed by atoms with E-state index in [4.69, 9.17) is 0 Å². The quantitative estimate of drug-likeness (QED) is 0.430. The Hall–Kier alpha value is -3.57. The summed E-state index contributed by atoms with van der Waals surface area (Å²) in [6, 6.07) is 4.08. The van der Waals surface area contributed by atoms with Crippen LogP contribution in [0.4, 0.5) is 26.3 Å². The lowest BCUT2D eigenvalue weighted by atomic mass is 10.0. The van der Waals surface area contributed by atoms with E-state index in [-0.39, 0.29) is 35.6 Å². The minimum atomic E-state index is -4.59. The van der Waals surface area contributed by atoms with Crippen LogP contribution >= 0.6 is 0 Å². The van der Waals surface area contributed by atoms with Gasteiger partial charge >= 0.3 is 6.18 Å². The smallest absolute Gasteiger partial charge is 0.330 e. The van der Waals surface area contributed by atoms with Crippen LogP contribution in [0, 0.1) is 5.82 Å². The number of nitrogens with zero attached hydrogens (tertiary/aromatic N) is 5. The molecule has 3 aromatic rings. The van der Waals surface area contributed by atoms with Crippen molar-refractivity contribution < 1.29 is 31.1 Å².